The van der Waals surface area contributed by atoms with Gasteiger partial charge in [0.25, 0.3) is 0 Å². The van der Waals surface area contributed by atoms with Gasteiger partial charge >= 0.3 is 0 Å². The predicted molar refractivity (Wildman–Crippen MR) is 86.5 cm³/mol. The zero-order valence-corrected chi connectivity index (χ0v) is 13.6. The van der Waals surface area contributed by atoms with E-state index >= 15 is 0 Å². The summed E-state index contributed by atoms with van der Waals surface area (Å²) in [6, 6.07) is 11.3. The van der Waals surface area contributed by atoms with Crippen LogP contribution >= 0.6 is 15.9 Å². The second-order valence-electron chi connectivity index (χ2n) is 4.39. The standard InChI is InChI=1S/C16H18BrNO3/c1-19-14-4-3-5-15(20-2)16(14)21-12-7-6-11(8-9-18)13(17)10-12/h3-7,10H,8-9,18H2,1-2H3. The van der Waals surface area contributed by atoms with Crippen molar-refractivity contribution in [1.29, 1.82) is 0 Å². The van der Waals surface area contributed by atoms with Gasteiger partial charge in [0.1, 0.15) is 5.75 Å². The van der Waals surface area contributed by atoms with Crippen molar-refractivity contribution in [2.45, 2.75) is 6.42 Å². The molecule has 0 unspecified atom stereocenters. The minimum Gasteiger partial charge on any atom is -0.493 e. The molecule has 112 valence electrons. The number of hydrogen-bond donors (Lipinski definition) is 1. The van der Waals surface area contributed by atoms with Gasteiger partial charge in [-0.25, -0.2) is 0 Å². The highest BCUT2D eigenvalue weighted by Gasteiger charge is 2.13. The third kappa shape index (κ3) is 3.68. The SMILES string of the molecule is COc1cccc(OC)c1Oc1ccc(CCN)c(Br)c1. The zero-order valence-electron chi connectivity index (χ0n) is 12.1. The van der Waals surface area contributed by atoms with Gasteiger partial charge in [-0.2, -0.15) is 0 Å². The molecule has 2 rings (SSSR count). The molecule has 0 spiro atoms. The number of benzene rings is 2. The van der Waals surface area contributed by atoms with Gasteiger partial charge in [0.15, 0.2) is 11.5 Å². The van der Waals surface area contributed by atoms with Crippen molar-refractivity contribution < 1.29 is 14.2 Å². The molecule has 0 heterocycles. The van der Waals surface area contributed by atoms with Crippen molar-refractivity contribution in [2.75, 3.05) is 20.8 Å². The molecule has 5 heteroatoms. The van der Waals surface area contributed by atoms with Crippen LogP contribution in [0.4, 0.5) is 0 Å². The molecule has 0 aromatic heterocycles. The van der Waals surface area contributed by atoms with Crippen LogP contribution in [0, 0.1) is 0 Å². The lowest BCUT2D eigenvalue weighted by Crippen LogP contribution is -2.03. The maximum Gasteiger partial charge on any atom is 0.210 e. The summed E-state index contributed by atoms with van der Waals surface area (Å²) in [6.45, 7) is 0.610. The van der Waals surface area contributed by atoms with Crippen LogP contribution in [0.3, 0.4) is 0 Å². The highest BCUT2D eigenvalue weighted by Crippen LogP contribution is 2.40. The number of hydrogen-bond acceptors (Lipinski definition) is 4. The Bertz CT molecular complexity index is 594. The lowest BCUT2D eigenvalue weighted by molar-refractivity contribution is 0.346. The molecular weight excluding hydrogens is 334 g/mol. The van der Waals surface area contributed by atoms with Gasteiger partial charge in [-0.05, 0) is 42.8 Å². The number of ether oxygens (including phenoxy) is 3. The van der Waals surface area contributed by atoms with Crippen molar-refractivity contribution in [3.63, 3.8) is 0 Å². The van der Waals surface area contributed by atoms with Crippen LogP contribution in [0.25, 0.3) is 0 Å². The van der Waals surface area contributed by atoms with Crippen LogP contribution in [0.5, 0.6) is 23.0 Å². The Hall–Kier alpha value is -1.72. The molecule has 0 saturated carbocycles. The van der Waals surface area contributed by atoms with E-state index in [0.29, 0.717) is 29.5 Å². The first-order chi connectivity index (χ1) is 10.2. The van der Waals surface area contributed by atoms with Crippen LogP contribution in [0.1, 0.15) is 5.56 Å². The summed E-state index contributed by atoms with van der Waals surface area (Å²) in [5.41, 5.74) is 6.73. The number of para-hydroxylation sites is 1. The van der Waals surface area contributed by atoms with E-state index in [9.17, 15) is 0 Å². The zero-order chi connectivity index (χ0) is 15.2. The summed E-state index contributed by atoms with van der Waals surface area (Å²) in [6.07, 6.45) is 0.818. The minimum atomic E-state index is 0.556. The first kappa shape index (κ1) is 15.7. The Morgan fingerprint density at radius 3 is 2.24 bits per heavy atom. The van der Waals surface area contributed by atoms with Crippen LogP contribution < -0.4 is 19.9 Å². The Kier molecular flexibility index (Phi) is 5.47. The molecule has 21 heavy (non-hydrogen) atoms. The van der Waals surface area contributed by atoms with Gasteiger partial charge in [0.05, 0.1) is 14.2 Å². The first-order valence-corrected chi connectivity index (χ1v) is 7.36. The fraction of sp³-hybridized carbons (Fsp3) is 0.250. The van der Waals surface area contributed by atoms with Gasteiger partial charge in [0, 0.05) is 4.47 Å². The molecule has 0 aliphatic rings. The van der Waals surface area contributed by atoms with Crippen molar-refractivity contribution >= 4 is 15.9 Å². The average Bonchev–Trinajstić information content (AvgIpc) is 2.50. The van der Waals surface area contributed by atoms with Crippen molar-refractivity contribution in [1.82, 2.24) is 0 Å². The fourth-order valence-corrected chi connectivity index (χ4v) is 2.54. The molecule has 0 amide bonds. The molecular formula is C16H18BrNO3. The maximum absolute atomic E-state index is 5.93. The van der Waals surface area contributed by atoms with Gasteiger partial charge in [-0.3, -0.25) is 0 Å². The lowest BCUT2D eigenvalue weighted by Gasteiger charge is -2.14. The summed E-state index contributed by atoms with van der Waals surface area (Å²) in [5.74, 6) is 2.50. The molecule has 4 nitrogen and oxygen atoms in total. The van der Waals surface area contributed by atoms with Crippen molar-refractivity contribution in [2.24, 2.45) is 5.73 Å². The van der Waals surface area contributed by atoms with E-state index in [1.54, 1.807) is 14.2 Å². The van der Waals surface area contributed by atoms with E-state index in [-0.39, 0.29) is 0 Å². The minimum absolute atomic E-state index is 0.556. The molecule has 2 aromatic rings. The van der Waals surface area contributed by atoms with Gasteiger partial charge in [-0.15, -0.1) is 0 Å². The van der Waals surface area contributed by atoms with E-state index in [2.05, 4.69) is 15.9 Å². The Labute approximate surface area is 132 Å². The molecule has 0 aliphatic heterocycles. The third-order valence-electron chi connectivity index (χ3n) is 3.04. The monoisotopic (exact) mass is 351 g/mol. The topological polar surface area (TPSA) is 53.7 Å². The molecule has 0 bridgehead atoms. The second-order valence-corrected chi connectivity index (χ2v) is 5.24. The summed E-state index contributed by atoms with van der Waals surface area (Å²) in [4.78, 5) is 0. The first-order valence-electron chi connectivity index (χ1n) is 6.57. The molecule has 2 N–H and O–H groups in total. The molecule has 2 aromatic carbocycles. The smallest absolute Gasteiger partial charge is 0.210 e. The summed E-state index contributed by atoms with van der Waals surface area (Å²) in [5, 5.41) is 0. The molecule has 0 atom stereocenters. The Morgan fingerprint density at radius 2 is 1.71 bits per heavy atom. The van der Waals surface area contributed by atoms with Crippen LogP contribution in [-0.4, -0.2) is 20.8 Å². The number of methoxy groups -OCH3 is 2. The van der Waals surface area contributed by atoms with E-state index in [1.807, 2.05) is 36.4 Å². The third-order valence-corrected chi connectivity index (χ3v) is 3.78. The van der Waals surface area contributed by atoms with Gasteiger partial charge in [0.2, 0.25) is 5.75 Å². The van der Waals surface area contributed by atoms with E-state index in [4.69, 9.17) is 19.9 Å². The highest BCUT2D eigenvalue weighted by atomic mass is 79.9. The Morgan fingerprint density at radius 1 is 1.05 bits per heavy atom. The summed E-state index contributed by atoms with van der Waals surface area (Å²) in [7, 11) is 3.20. The summed E-state index contributed by atoms with van der Waals surface area (Å²) >= 11 is 3.53. The number of nitrogens with two attached hydrogens (primary N) is 1. The predicted octanol–water partition coefficient (Wildman–Crippen LogP) is 3.76. The molecule has 0 fully saturated rings. The van der Waals surface area contributed by atoms with Crippen molar-refractivity contribution in [3.8, 4) is 23.0 Å². The van der Waals surface area contributed by atoms with Crippen LogP contribution in [-0.2, 0) is 6.42 Å². The molecule has 0 aliphatic carbocycles. The van der Waals surface area contributed by atoms with Gasteiger partial charge in [-0.1, -0.05) is 28.1 Å². The summed E-state index contributed by atoms with van der Waals surface area (Å²) < 4.78 is 17.5. The quantitative estimate of drug-likeness (QED) is 0.860. The van der Waals surface area contributed by atoms with E-state index in [0.717, 1.165) is 16.5 Å². The van der Waals surface area contributed by atoms with Crippen LogP contribution in [0.15, 0.2) is 40.9 Å². The lowest BCUT2D eigenvalue weighted by atomic mass is 10.1. The van der Waals surface area contributed by atoms with E-state index in [1.165, 1.54) is 0 Å². The molecule has 0 saturated heterocycles. The second kappa shape index (κ2) is 7.33. The van der Waals surface area contributed by atoms with Crippen LogP contribution in [0.2, 0.25) is 0 Å². The van der Waals surface area contributed by atoms with E-state index < -0.39 is 0 Å². The number of halogens is 1. The fourth-order valence-electron chi connectivity index (χ4n) is 1.99. The maximum atomic E-state index is 5.93. The number of rotatable bonds is 6. The average molecular weight is 352 g/mol. The normalized spacial score (nSPS) is 10.3. The Balaban J connectivity index is 2.32. The van der Waals surface area contributed by atoms with Crippen molar-refractivity contribution in [3.05, 3.63) is 46.4 Å². The highest BCUT2D eigenvalue weighted by molar-refractivity contribution is 9.10. The van der Waals surface area contributed by atoms with Gasteiger partial charge < -0.3 is 19.9 Å². The molecule has 0 radical (unpaired) electrons. The largest absolute Gasteiger partial charge is 0.493 e.